The minimum atomic E-state index is -0.112. The summed E-state index contributed by atoms with van der Waals surface area (Å²) >= 11 is 1.54. The van der Waals surface area contributed by atoms with E-state index < -0.39 is 0 Å². The highest BCUT2D eigenvalue weighted by molar-refractivity contribution is 7.09. The Hall–Kier alpha value is -3.25. The average Bonchev–Trinajstić information content (AvgIpc) is 3.39. The summed E-state index contributed by atoms with van der Waals surface area (Å²) in [4.78, 5) is 19.2. The molecule has 0 N–H and O–H groups in total. The van der Waals surface area contributed by atoms with Crippen molar-refractivity contribution in [1.82, 2.24) is 15.0 Å². The number of hydrogen-bond donors (Lipinski definition) is 0. The molecule has 0 bridgehead atoms. The molecule has 0 saturated heterocycles. The molecule has 0 fully saturated rings. The van der Waals surface area contributed by atoms with Gasteiger partial charge < -0.3 is 9.42 Å². The van der Waals surface area contributed by atoms with Crippen molar-refractivity contribution in [2.75, 3.05) is 0 Å². The van der Waals surface area contributed by atoms with Crippen molar-refractivity contribution in [3.05, 3.63) is 94.3 Å². The van der Waals surface area contributed by atoms with E-state index in [2.05, 4.69) is 34.4 Å². The second-order valence-corrected chi connectivity index (χ2v) is 7.45. The number of hydrogen-bond acceptors (Lipinski definition) is 5. The van der Waals surface area contributed by atoms with Gasteiger partial charge in [-0.3, -0.25) is 4.79 Å². The number of nitrogens with zero attached hydrogens (tertiary/aromatic N) is 3. The summed E-state index contributed by atoms with van der Waals surface area (Å²) in [5, 5.41) is 6.65. The summed E-state index contributed by atoms with van der Waals surface area (Å²) in [6.07, 6.45) is 3.16. The van der Waals surface area contributed by atoms with Crippen molar-refractivity contribution in [2.45, 2.75) is 20.0 Å². The standard InChI is InChI=1S/C22H19N3O2S/c1-16-20(15-27-24-16)22(26)25(14-21-23-10-11-28-21)13-17-6-5-9-19(12-17)18-7-3-2-4-8-18/h2-12,15H,13-14H2,1H3. The summed E-state index contributed by atoms with van der Waals surface area (Å²) in [6.45, 7) is 2.69. The molecule has 0 aliphatic rings. The second-order valence-electron chi connectivity index (χ2n) is 6.47. The zero-order chi connectivity index (χ0) is 19.3. The highest BCUT2D eigenvalue weighted by Crippen LogP contribution is 2.22. The molecule has 0 unspecified atom stereocenters. The molecule has 1 amide bonds. The monoisotopic (exact) mass is 389 g/mol. The molecular formula is C22H19N3O2S. The predicted molar refractivity (Wildman–Crippen MR) is 109 cm³/mol. The van der Waals surface area contributed by atoms with E-state index in [9.17, 15) is 4.79 Å². The Bertz CT molecular complexity index is 1060. The summed E-state index contributed by atoms with van der Waals surface area (Å²) in [5.74, 6) is -0.112. The highest BCUT2D eigenvalue weighted by Gasteiger charge is 2.21. The Morgan fingerprint density at radius 3 is 2.61 bits per heavy atom. The molecule has 5 nitrogen and oxygen atoms in total. The fourth-order valence-electron chi connectivity index (χ4n) is 3.06. The van der Waals surface area contributed by atoms with Crippen LogP contribution in [0.4, 0.5) is 0 Å². The van der Waals surface area contributed by atoms with Crippen molar-refractivity contribution in [3.8, 4) is 11.1 Å². The van der Waals surface area contributed by atoms with Crippen LogP contribution in [0.5, 0.6) is 0 Å². The van der Waals surface area contributed by atoms with Crippen molar-refractivity contribution < 1.29 is 9.32 Å². The van der Waals surface area contributed by atoms with Crippen molar-refractivity contribution in [2.24, 2.45) is 0 Å². The lowest BCUT2D eigenvalue weighted by Gasteiger charge is -2.22. The first-order chi connectivity index (χ1) is 13.7. The van der Waals surface area contributed by atoms with Crippen LogP contribution >= 0.6 is 11.3 Å². The van der Waals surface area contributed by atoms with Gasteiger partial charge in [0.25, 0.3) is 5.91 Å². The maximum atomic E-state index is 13.1. The highest BCUT2D eigenvalue weighted by atomic mass is 32.1. The normalized spacial score (nSPS) is 10.8. The third kappa shape index (κ3) is 4.02. The van der Waals surface area contributed by atoms with E-state index >= 15 is 0 Å². The van der Waals surface area contributed by atoms with E-state index in [1.54, 1.807) is 18.0 Å². The number of benzene rings is 2. The summed E-state index contributed by atoms with van der Waals surface area (Å²) in [5.41, 5.74) is 4.40. The van der Waals surface area contributed by atoms with Gasteiger partial charge in [0.1, 0.15) is 16.8 Å². The van der Waals surface area contributed by atoms with Gasteiger partial charge in [-0.25, -0.2) is 4.98 Å². The number of aryl methyl sites for hydroxylation is 1. The molecule has 0 aliphatic heterocycles. The van der Waals surface area contributed by atoms with Crippen LogP contribution in [0.2, 0.25) is 0 Å². The van der Waals surface area contributed by atoms with E-state index in [1.807, 2.05) is 35.7 Å². The summed E-state index contributed by atoms with van der Waals surface area (Å²) in [6, 6.07) is 18.5. The van der Waals surface area contributed by atoms with Gasteiger partial charge in [-0.05, 0) is 29.7 Å². The lowest BCUT2D eigenvalue weighted by Crippen LogP contribution is -2.30. The smallest absolute Gasteiger partial charge is 0.259 e. The Morgan fingerprint density at radius 2 is 1.89 bits per heavy atom. The van der Waals surface area contributed by atoms with Crippen LogP contribution < -0.4 is 0 Å². The third-order valence-electron chi connectivity index (χ3n) is 4.48. The molecule has 4 aromatic rings. The Morgan fingerprint density at radius 1 is 1.07 bits per heavy atom. The SMILES string of the molecule is Cc1nocc1C(=O)N(Cc1cccc(-c2ccccc2)c1)Cc1nccs1. The first kappa shape index (κ1) is 18.1. The second kappa shape index (κ2) is 8.19. The number of rotatable bonds is 6. The number of aromatic nitrogens is 2. The minimum absolute atomic E-state index is 0.112. The van der Waals surface area contributed by atoms with E-state index in [4.69, 9.17) is 4.52 Å². The van der Waals surface area contributed by atoms with E-state index in [1.165, 1.54) is 17.6 Å². The molecule has 2 aromatic carbocycles. The molecule has 0 atom stereocenters. The van der Waals surface area contributed by atoms with Crippen LogP contribution in [0.3, 0.4) is 0 Å². The molecule has 2 aromatic heterocycles. The van der Waals surface area contributed by atoms with Gasteiger partial charge in [-0.2, -0.15) is 0 Å². The molecule has 0 saturated carbocycles. The maximum absolute atomic E-state index is 13.1. The van der Waals surface area contributed by atoms with Crippen LogP contribution in [0.25, 0.3) is 11.1 Å². The topological polar surface area (TPSA) is 59.2 Å². The molecule has 2 heterocycles. The Kier molecular flexibility index (Phi) is 5.30. The van der Waals surface area contributed by atoms with Crippen LogP contribution in [0.15, 0.2) is 77.0 Å². The predicted octanol–water partition coefficient (Wildman–Crippen LogP) is 4.95. The van der Waals surface area contributed by atoms with Crippen molar-refractivity contribution >= 4 is 17.2 Å². The van der Waals surface area contributed by atoms with Crippen LogP contribution in [0, 0.1) is 6.92 Å². The van der Waals surface area contributed by atoms with Crippen LogP contribution in [-0.2, 0) is 13.1 Å². The zero-order valence-electron chi connectivity index (χ0n) is 15.4. The molecular weight excluding hydrogens is 370 g/mol. The zero-order valence-corrected chi connectivity index (χ0v) is 16.2. The fourth-order valence-corrected chi connectivity index (χ4v) is 3.69. The first-order valence-corrected chi connectivity index (χ1v) is 9.81. The van der Waals surface area contributed by atoms with Crippen molar-refractivity contribution in [1.29, 1.82) is 0 Å². The van der Waals surface area contributed by atoms with Gasteiger partial charge in [0, 0.05) is 18.1 Å². The summed E-state index contributed by atoms with van der Waals surface area (Å²) < 4.78 is 4.97. The molecule has 28 heavy (non-hydrogen) atoms. The quantitative estimate of drug-likeness (QED) is 0.468. The molecule has 0 radical (unpaired) electrons. The number of carbonyl (C=O) groups excluding carboxylic acids is 1. The van der Waals surface area contributed by atoms with Gasteiger partial charge in [0.05, 0.1) is 12.2 Å². The van der Waals surface area contributed by atoms with Crippen molar-refractivity contribution in [3.63, 3.8) is 0 Å². The minimum Gasteiger partial charge on any atom is -0.364 e. The van der Waals surface area contributed by atoms with E-state index in [-0.39, 0.29) is 5.91 Å². The Labute approximate surface area is 167 Å². The van der Waals surface area contributed by atoms with Gasteiger partial charge in [-0.1, -0.05) is 53.7 Å². The van der Waals surface area contributed by atoms with Gasteiger partial charge in [0.15, 0.2) is 0 Å². The number of thiazole rings is 1. The first-order valence-electron chi connectivity index (χ1n) is 8.93. The molecule has 140 valence electrons. The molecule has 4 rings (SSSR count). The fraction of sp³-hybridized carbons (Fsp3) is 0.136. The lowest BCUT2D eigenvalue weighted by atomic mass is 10.0. The molecule has 0 aliphatic carbocycles. The average molecular weight is 389 g/mol. The van der Waals surface area contributed by atoms with E-state index in [0.29, 0.717) is 24.3 Å². The maximum Gasteiger partial charge on any atom is 0.259 e. The largest absolute Gasteiger partial charge is 0.364 e. The van der Waals surface area contributed by atoms with Gasteiger partial charge >= 0.3 is 0 Å². The third-order valence-corrected chi connectivity index (χ3v) is 5.25. The van der Waals surface area contributed by atoms with Gasteiger partial charge in [0.2, 0.25) is 0 Å². The number of carbonyl (C=O) groups is 1. The molecule has 6 heteroatoms. The van der Waals surface area contributed by atoms with Crippen LogP contribution in [0.1, 0.15) is 26.6 Å². The lowest BCUT2D eigenvalue weighted by molar-refractivity contribution is 0.0728. The Balaban J connectivity index is 1.62. The van der Waals surface area contributed by atoms with E-state index in [0.717, 1.165) is 21.7 Å². The number of amides is 1. The van der Waals surface area contributed by atoms with Crippen LogP contribution in [-0.4, -0.2) is 20.9 Å². The summed E-state index contributed by atoms with van der Waals surface area (Å²) in [7, 11) is 0. The van der Waals surface area contributed by atoms with Gasteiger partial charge in [-0.15, -0.1) is 11.3 Å². The molecule has 0 spiro atoms.